The molecular formula is C13H27NO3. The lowest BCUT2D eigenvalue weighted by atomic mass is 9.76. The molecule has 102 valence electrons. The molecule has 3 N–H and O–H groups in total. The number of methoxy groups -OCH3 is 1. The summed E-state index contributed by atoms with van der Waals surface area (Å²) in [5, 5.41) is 22.6. The average molecular weight is 245 g/mol. The van der Waals surface area contributed by atoms with Crippen LogP contribution < -0.4 is 5.32 Å². The molecule has 17 heavy (non-hydrogen) atoms. The van der Waals surface area contributed by atoms with Crippen molar-refractivity contribution < 1.29 is 14.9 Å². The van der Waals surface area contributed by atoms with Gasteiger partial charge in [0.2, 0.25) is 0 Å². The maximum absolute atomic E-state index is 9.64. The van der Waals surface area contributed by atoms with Crippen molar-refractivity contribution in [2.24, 2.45) is 5.92 Å². The Morgan fingerprint density at radius 2 is 2.00 bits per heavy atom. The van der Waals surface area contributed by atoms with Gasteiger partial charge in [0.25, 0.3) is 0 Å². The molecule has 1 saturated carbocycles. The summed E-state index contributed by atoms with van der Waals surface area (Å²) in [5.41, 5.74) is -0.269. The average Bonchev–Trinajstić information content (AvgIpc) is 2.37. The molecule has 1 aliphatic carbocycles. The second-order valence-electron chi connectivity index (χ2n) is 5.40. The summed E-state index contributed by atoms with van der Waals surface area (Å²) in [5.74, 6) is 0.510. The Morgan fingerprint density at radius 3 is 2.53 bits per heavy atom. The van der Waals surface area contributed by atoms with Gasteiger partial charge in [0.1, 0.15) is 0 Å². The van der Waals surface area contributed by atoms with Crippen LogP contribution in [0.4, 0.5) is 0 Å². The van der Waals surface area contributed by atoms with Gasteiger partial charge in [-0.2, -0.15) is 0 Å². The number of nitrogens with one attached hydrogen (secondary N) is 1. The number of hydrogen-bond acceptors (Lipinski definition) is 4. The lowest BCUT2D eigenvalue weighted by Gasteiger charge is -2.40. The molecule has 1 rings (SSSR count). The van der Waals surface area contributed by atoms with E-state index in [-0.39, 0.29) is 12.1 Å². The lowest BCUT2D eigenvalue weighted by molar-refractivity contribution is 0.0401. The minimum absolute atomic E-state index is 0.122. The molecule has 1 aliphatic rings. The summed E-state index contributed by atoms with van der Waals surface area (Å²) < 4.78 is 4.90. The van der Waals surface area contributed by atoms with Crippen molar-refractivity contribution in [3.63, 3.8) is 0 Å². The number of aliphatic hydroxyl groups is 2. The second kappa shape index (κ2) is 7.31. The Bertz CT molecular complexity index is 207. The molecule has 0 saturated heterocycles. The van der Waals surface area contributed by atoms with Crippen LogP contribution in [0, 0.1) is 5.92 Å². The van der Waals surface area contributed by atoms with Gasteiger partial charge < -0.3 is 20.3 Å². The smallest absolute Gasteiger partial charge is 0.0897 e. The normalized spacial score (nSPS) is 23.3. The summed E-state index contributed by atoms with van der Waals surface area (Å²) in [4.78, 5) is 0. The Labute approximate surface area is 104 Å². The van der Waals surface area contributed by atoms with Crippen LogP contribution in [0.5, 0.6) is 0 Å². The first-order chi connectivity index (χ1) is 8.12. The summed E-state index contributed by atoms with van der Waals surface area (Å²) in [6.07, 6.45) is 5.65. The first-order valence-corrected chi connectivity index (χ1v) is 6.65. The Morgan fingerprint density at radius 1 is 1.35 bits per heavy atom. The van der Waals surface area contributed by atoms with Crippen LogP contribution in [0.1, 0.15) is 39.0 Å². The molecule has 0 aromatic heterocycles. The van der Waals surface area contributed by atoms with Crippen LogP contribution in [0.25, 0.3) is 0 Å². The molecule has 0 unspecified atom stereocenters. The van der Waals surface area contributed by atoms with Gasteiger partial charge in [-0.25, -0.2) is 0 Å². The predicted molar refractivity (Wildman–Crippen MR) is 68.0 cm³/mol. The zero-order valence-electron chi connectivity index (χ0n) is 11.1. The summed E-state index contributed by atoms with van der Waals surface area (Å²) >= 11 is 0. The summed E-state index contributed by atoms with van der Waals surface area (Å²) in [7, 11) is 1.58. The first-order valence-electron chi connectivity index (χ1n) is 6.65. The Hall–Kier alpha value is -0.160. The van der Waals surface area contributed by atoms with E-state index >= 15 is 0 Å². The number of ether oxygens (including phenoxy) is 1. The largest absolute Gasteiger partial charge is 0.394 e. The highest BCUT2D eigenvalue weighted by atomic mass is 16.5. The molecule has 0 spiro atoms. The molecule has 0 radical (unpaired) electrons. The fourth-order valence-electron chi connectivity index (χ4n) is 2.67. The van der Waals surface area contributed by atoms with Crippen molar-refractivity contribution in [2.45, 2.75) is 50.7 Å². The third kappa shape index (κ3) is 4.54. The van der Waals surface area contributed by atoms with Crippen LogP contribution in [-0.4, -0.2) is 48.7 Å². The molecule has 0 aromatic carbocycles. The topological polar surface area (TPSA) is 61.7 Å². The molecule has 4 nitrogen and oxygen atoms in total. The third-order valence-electron chi connectivity index (χ3n) is 3.94. The third-order valence-corrected chi connectivity index (χ3v) is 3.94. The highest BCUT2D eigenvalue weighted by Crippen LogP contribution is 2.32. The minimum Gasteiger partial charge on any atom is -0.394 e. The fraction of sp³-hybridized carbons (Fsp3) is 1.00. The van der Waals surface area contributed by atoms with Gasteiger partial charge in [-0.15, -0.1) is 0 Å². The van der Waals surface area contributed by atoms with E-state index < -0.39 is 6.10 Å². The van der Waals surface area contributed by atoms with Gasteiger partial charge in [0, 0.05) is 19.2 Å². The zero-order chi connectivity index (χ0) is 12.7. The van der Waals surface area contributed by atoms with Gasteiger partial charge in [-0.3, -0.25) is 0 Å². The number of aliphatic hydroxyl groups excluding tert-OH is 2. The highest BCUT2D eigenvalue weighted by Gasteiger charge is 2.34. The van der Waals surface area contributed by atoms with Crippen LogP contribution in [0.3, 0.4) is 0 Å². The SMILES string of the molecule is COC[C@@H](O)CN[C@](C)(CO)C1CCCCC1. The van der Waals surface area contributed by atoms with Crippen molar-refractivity contribution in [3.05, 3.63) is 0 Å². The van der Waals surface area contributed by atoms with Crippen molar-refractivity contribution in [1.29, 1.82) is 0 Å². The van der Waals surface area contributed by atoms with E-state index in [2.05, 4.69) is 12.2 Å². The quantitative estimate of drug-likeness (QED) is 0.624. The Kier molecular flexibility index (Phi) is 6.41. The predicted octanol–water partition coefficient (Wildman–Crippen LogP) is 0.915. The van der Waals surface area contributed by atoms with E-state index in [9.17, 15) is 10.2 Å². The van der Waals surface area contributed by atoms with E-state index in [1.807, 2.05) is 0 Å². The second-order valence-corrected chi connectivity index (χ2v) is 5.40. The molecule has 0 bridgehead atoms. The first kappa shape index (κ1) is 14.9. The van der Waals surface area contributed by atoms with Crippen molar-refractivity contribution in [3.8, 4) is 0 Å². The van der Waals surface area contributed by atoms with Gasteiger partial charge in [-0.1, -0.05) is 19.3 Å². The van der Waals surface area contributed by atoms with Crippen molar-refractivity contribution in [2.75, 3.05) is 26.9 Å². The number of hydrogen-bond donors (Lipinski definition) is 3. The van der Waals surface area contributed by atoms with E-state index in [0.717, 1.165) is 0 Å². The zero-order valence-corrected chi connectivity index (χ0v) is 11.1. The van der Waals surface area contributed by atoms with Crippen molar-refractivity contribution in [1.82, 2.24) is 5.32 Å². The van der Waals surface area contributed by atoms with Crippen LogP contribution in [-0.2, 0) is 4.74 Å². The molecule has 4 heteroatoms. The molecule has 0 aromatic rings. The summed E-state index contributed by atoms with van der Waals surface area (Å²) in [6, 6.07) is 0. The van der Waals surface area contributed by atoms with E-state index in [1.165, 1.54) is 32.1 Å². The lowest BCUT2D eigenvalue weighted by Crippen LogP contribution is -2.54. The molecule has 1 fully saturated rings. The fourth-order valence-corrected chi connectivity index (χ4v) is 2.67. The molecule has 2 atom stereocenters. The minimum atomic E-state index is -0.505. The number of rotatable bonds is 7. The van der Waals surface area contributed by atoms with Crippen LogP contribution in [0.15, 0.2) is 0 Å². The van der Waals surface area contributed by atoms with Gasteiger partial charge in [-0.05, 0) is 25.7 Å². The van der Waals surface area contributed by atoms with Crippen molar-refractivity contribution >= 4 is 0 Å². The molecule has 0 amide bonds. The molecular weight excluding hydrogens is 218 g/mol. The standard InChI is InChI=1S/C13H27NO3/c1-13(10-15,11-6-4-3-5-7-11)14-8-12(16)9-17-2/h11-12,14-16H,3-10H2,1-2H3/t12-,13+/m0/s1. The number of β-amino-alcohol motifs (C(OH)–C–C–N with tert-alkyl or cyclic N) is 1. The maximum atomic E-state index is 9.64. The van der Waals surface area contributed by atoms with Gasteiger partial charge in [0.15, 0.2) is 0 Å². The van der Waals surface area contributed by atoms with E-state index in [0.29, 0.717) is 19.1 Å². The van der Waals surface area contributed by atoms with Crippen LogP contribution in [0.2, 0.25) is 0 Å². The monoisotopic (exact) mass is 245 g/mol. The summed E-state index contributed by atoms with van der Waals surface area (Å²) in [6.45, 7) is 2.99. The Balaban J connectivity index is 2.43. The molecule has 0 heterocycles. The van der Waals surface area contributed by atoms with Gasteiger partial charge in [0.05, 0.1) is 19.3 Å². The molecule has 0 aliphatic heterocycles. The van der Waals surface area contributed by atoms with Crippen LogP contribution >= 0.6 is 0 Å². The maximum Gasteiger partial charge on any atom is 0.0897 e. The van der Waals surface area contributed by atoms with Gasteiger partial charge >= 0.3 is 0 Å². The van der Waals surface area contributed by atoms with E-state index in [1.54, 1.807) is 7.11 Å². The highest BCUT2D eigenvalue weighted by molar-refractivity contribution is 4.91. The van der Waals surface area contributed by atoms with E-state index in [4.69, 9.17) is 4.74 Å².